The third-order valence-electron chi connectivity index (χ3n) is 5.23. The Bertz CT molecular complexity index is 538. The normalized spacial score (nSPS) is 25.8. The zero-order chi connectivity index (χ0) is 16.9. The Morgan fingerprint density at radius 1 is 1.25 bits per heavy atom. The second-order valence-electron chi connectivity index (χ2n) is 7.00. The number of carbonyl (C=O) groups is 1. The van der Waals surface area contributed by atoms with Gasteiger partial charge in [-0.05, 0) is 45.3 Å². The topological polar surface area (TPSA) is 53.6 Å². The molecular formula is C19H29N3O2. The molecule has 2 saturated heterocycles. The van der Waals surface area contributed by atoms with Gasteiger partial charge < -0.3 is 9.64 Å². The van der Waals surface area contributed by atoms with Crippen LogP contribution in [0.2, 0.25) is 0 Å². The molecule has 0 amide bonds. The summed E-state index contributed by atoms with van der Waals surface area (Å²) < 4.78 is 5.16. The number of hydrazine groups is 1. The molecule has 5 nitrogen and oxygen atoms in total. The summed E-state index contributed by atoms with van der Waals surface area (Å²) in [6.07, 6.45) is 1.84. The first-order valence-electron chi connectivity index (χ1n) is 9.11. The quantitative estimate of drug-likeness (QED) is 0.809. The van der Waals surface area contributed by atoms with Gasteiger partial charge in [0.1, 0.15) is 0 Å². The minimum absolute atomic E-state index is 0.0149. The maximum atomic E-state index is 11.9. The van der Waals surface area contributed by atoms with E-state index in [1.54, 1.807) is 0 Å². The first-order valence-corrected chi connectivity index (χ1v) is 9.11. The van der Waals surface area contributed by atoms with Gasteiger partial charge in [0.2, 0.25) is 0 Å². The largest absolute Gasteiger partial charge is 0.466 e. The van der Waals surface area contributed by atoms with Gasteiger partial charge >= 0.3 is 5.97 Å². The van der Waals surface area contributed by atoms with E-state index in [2.05, 4.69) is 46.9 Å². The van der Waals surface area contributed by atoms with Gasteiger partial charge in [-0.3, -0.25) is 10.2 Å². The number of rotatable bonds is 5. The van der Waals surface area contributed by atoms with Crippen LogP contribution in [-0.2, 0) is 9.53 Å². The average Bonchev–Trinajstić information content (AvgIpc) is 3.04. The summed E-state index contributed by atoms with van der Waals surface area (Å²) in [7, 11) is 0. The molecule has 2 unspecified atom stereocenters. The molecule has 2 heterocycles. The van der Waals surface area contributed by atoms with Crippen molar-refractivity contribution in [3.63, 3.8) is 0 Å². The standard InChI is InChI=1S/C19H29N3O2/c1-3-24-19(23)16-8-10-22(11-9-16)13-17-12-20-21-18(17)15-6-4-14(2)5-7-15/h4-7,16-18,20-21H,3,8-13H2,1-2H3. The molecule has 2 N–H and O–H groups in total. The molecule has 3 rings (SSSR count). The Labute approximate surface area is 144 Å². The van der Waals surface area contributed by atoms with Crippen LogP contribution in [0, 0.1) is 18.8 Å². The van der Waals surface area contributed by atoms with E-state index in [0.717, 1.165) is 39.0 Å². The van der Waals surface area contributed by atoms with Crippen LogP contribution in [0.5, 0.6) is 0 Å². The van der Waals surface area contributed by atoms with Crippen LogP contribution >= 0.6 is 0 Å². The van der Waals surface area contributed by atoms with Crippen molar-refractivity contribution < 1.29 is 9.53 Å². The fourth-order valence-electron chi connectivity index (χ4n) is 3.78. The molecule has 0 aliphatic carbocycles. The van der Waals surface area contributed by atoms with Crippen molar-refractivity contribution >= 4 is 5.97 Å². The highest BCUT2D eigenvalue weighted by molar-refractivity contribution is 5.72. The zero-order valence-corrected chi connectivity index (χ0v) is 14.8. The summed E-state index contributed by atoms with van der Waals surface area (Å²) in [6, 6.07) is 9.16. The number of esters is 1. The van der Waals surface area contributed by atoms with Crippen LogP contribution in [0.1, 0.15) is 36.9 Å². The number of piperidine rings is 1. The third kappa shape index (κ3) is 4.15. The Morgan fingerprint density at radius 3 is 2.62 bits per heavy atom. The van der Waals surface area contributed by atoms with E-state index < -0.39 is 0 Å². The number of nitrogens with one attached hydrogen (secondary N) is 2. The van der Waals surface area contributed by atoms with Crippen molar-refractivity contribution in [1.82, 2.24) is 15.8 Å². The number of hydrogen-bond donors (Lipinski definition) is 2. The zero-order valence-electron chi connectivity index (χ0n) is 14.8. The van der Waals surface area contributed by atoms with Crippen molar-refractivity contribution in [3.05, 3.63) is 35.4 Å². The fourth-order valence-corrected chi connectivity index (χ4v) is 3.78. The molecule has 132 valence electrons. The lowest BCUT2D eigenvalue weighted by Gasteiger charge is -2.33. The van der Waals surface area contributed by atoms with Gasteiger partial charge in [0, 0.05) is 19.0 Å². The molecule has 2 aliphatic rings. The molecule has 0 saturated carbocycles. The van der Waals surface area contributed by atoms with E-state index >= 15 is 0 Å². The molecule has 1 aromatic carbocycles. The van der Waals surface area contributed by atoms with Crippen LogP contribution in [0.25, 0.3) is 0 Å². The summed E-state index contributed by atoms with van der Waals surface area (Å²) in [6.45, 7) is 8.50. The number of carbonyl (C=O) groups excluding carboxylic acids is 1. The van der Waals surface area contributed by atoms with E-state index in [0.29, 0.717) is 18.6 Å². The lowest BCUT2D eigenvalue weighted by atomic mass is 9.91. The predicted octanol–water partition coefficient (Wildman–Crippen LogP) is 2.04. The third-order valence-corrected chi connectivity index (χ3v) is 5.23. The van der Waals surface area contributed by atoms with E-state index in [-0.39, 0.29) is 11.9 Å². The summed E-state index contributed by atoms with van der Waals surface area (Å²) in [5.41, 5.74) is 9.38. The van der Waals surface area contributed by atoms with Crippen LogP contribution < -0.4 is 10.9 Å². The first kappa shape index (κ1) is 17.4. The maximum Gasteiger partial charge on any atom is 0.309 e. The maximum absolute atomic E-state index is 11.9. The van der Waals surface area contributed by atoms with Crippen LogP contribution in [-0.4, -0.2) is 43.7 Å². The minimum Gasteiger partial charge on any atom is -0.466 e. The molecule has 24 heavy (non-hydrogen) atoms. The highest BCUT2D eigenvalue weighted by Crippen LogP contribution is 2.27. The molecule has 5 heteroatoms. The average molecular weight is 331 g/mol. The van der Waals surface area contributed by atoms with Gasteiger partial charge in [0.15, 0.2) is 0 Å². The van der Waals surface area contributed by atoms with Crippen LogP contribution in [0.15, 0.2) is 24.3 Å². The van der Waals surface area contributed by atoms with Crippen molar-refractivity contribution in [2.24, 2.45) is 11.8 Å². The van der Waals surface area contributed by atoms with E-state index in [9.17, 15) is 4.79 Å². The lowest BCUT2D eigenvalue weighted by molar-refractivity contribution is -0.149. The molecule has 2 atom stereocenters. The van der Waals surface area contributed by atoms with Crippen molar-refractivity contribution in [3.8, 4) is 0 Å². The number of ether oxygens (including phenoxy) is 1. The highest BCUT2D eigenvalue weighted by atomic mass is 16.5. The molecule has 1 aromatic rings. The summed E-state index contributed by atoms with van der Waals surface area (Å²) >= 11 is 0. The number of hydrogen-bond acceptors (Lipinski definition) is 5. The molecule has 0 bridgehead atoms. The molecule has 2 aliphatic heterocycles. The van der Waals surface area contributed by atoms with Gasteiger partial charge in [0.05, 0.1) is 18.6 Å². The smallest absolute Gasteiger partial charge is 0.309 e. The number of benzene rings is 1. The summed E-state index contributed by atoms with van der Waals surface area (Å²) in [5.74, 6) is 0.625. The van der Waals surface area contributed by atoms with E-state index in [1.165, 1.54) is 11.1 Å². The highest BCUT2D eigenvalue weighted by Gasteiger charge is 2.32. The Kier molecular flexibility index (Phi) is 5.87. The van der Waals surface area contributed by atoms with Gasteiger partial charge in [-0.1, -0.05) is 29.8 Å². The fraction of sp³-hybridized carbons (Fsp3) is 0.632. The Hall–Kier alpha value is -1.43. The SMILES string of the molecule is CCOC(=O)C1CCN(CC2CNNC2c2ccc(C)cc2)CC1. The van der Waals surface area contributed by atoms with Crippen molar-refractivity contribution in [2.75, 3.05) is 32.8 Å². The van der Waals surface area contributed by atoms with Crippen molar-refractivity contribution in [1.29, 1.82) is 0 Å². The monoisotopic (exact) mass is 331 g/mol. The predicted molar refractivity (Wildman–Crippen MR) is 94.3 cm³/mol. The summed E-state index contributed by atoms with van der Waals surface area (Å²) in [5, 5.41) is 0. The lowest BCUT2D eigenvalue weighted by Crippen LogP contribution is -2.40. The Balaban J connectivity index is 1.52. The van der Waals surface area contributed by atoms with Gasteiger partial charge in [-0.15, -0.1) is 0 Å². The molecular weight excluding hydrogens is 302 g/mol. The second-order valence-corrected chi connectivity index (χ2v) is 7.00. The number of likely N-dealkylation sites (tertiary alicyclic amines) is 1. The van der Waals surface area contributed by atoms with E-state index in [4.69, 9.17) is 4.74 Å². The molecule has 0 aromatic heterocycles. The number of aryl methyl sites for hydroxylation is 1. The Morgan fingerprint density at radius 2 is 1.96 bits per heavy atom. The first-order chi connectivity index (χ1) is 11.7. The van der Waals surface area contributed by atoms with E-state index in [1.807, 2.05) is 6.92 Å². The van der Waals surface area contributed by atoms with Crippen LogP contribution in [0.4, 0.5) is 0 Å². The minimum atomic E-state index is -0.0149. The van der Waals surface area contributed by atoms with Crippen LogP contribution in [0.3, 0.4) is 0 Å². The van der Waals surface area contributed by atoms with Gasteiger partial charge in [0.25, 0.3) is 0 Å². The summed E-state index contributed by atoms with van der Waals surface area (Å²) in [4.78, 5) is 14.3. The second kappa shape index (κ2) is 8.10. The van der Waals surface area contributed by atoms with Gasteiger partial charge in [-0.25, -0.2) is 5.43 Å². The number of nitrogens with zero attached hydrogens (tertiary/aromatic N) is 1. The molecule has 2 fully saturated rings. The van der Waals surface area contributed by atoms with Gasteiger partial charge in [-0.2, -0.15) is 0 Å². The molecule has 0 radical (unpaired) electrons. The molecule has 0 spiro atoms. The van der Waals surface area contributed by atoms with Crippen molar-refractivity contribution in [2.45, 2.75) is 32.7 Å².